The molecule has 2 atom stereocenters. The van der Waals surface area contributed by atoms with E-state index in [9.17, 15) is 9.59 Å². The van der Waals surface area contributed by atoms with Crippen molar-refractivity contribution in [1.29, 1.82) is 0 Å². The van der Waals surface area contributed by atoms with Crippen LogP contribution in [-0.4, -0.2) is 78.9 Å². The molecule has 0 aliphatic carbocycles. The number of carboxylic acids is 1. The summed E-state index contributed by atoms with van der Waals surface area (Å²) in [5, 5.41) is 12.1. The van der Waals surface area contributed by atoms with Crippen molar-refractivity contribution in [2.45, 2.75) is 59.6 Å². The Bertz CT molecular complexity index is 462. The summed E-state index contributed by atoms with van der Waals surface area (Å²) in [6.07, 6.45) is 1.87. The second-order valence-electron chi connectivity index (χ2n) is 8.87. The minimum absolute atomic E-state index is 0.00204. The Kier molecular flexibility index (Phi) is 8.83. The lowest BCUT2D eigenvalue weighted by Gasteiger charge is -2.38. The lowest BCUT2D eigenvalue weighted by atomic mass is 9.83. The summed E-state index contributed by atoms with van der Waals surface area (Å²) in [4.78, 5) is 27.0. The average molecular weight is 372 g/mol. The van der Waals surface area contributed by atoms with Crippen molar-refractivity contribution >= 4 is 12.0 Å². The third kappa shape index (κ3) is 8.36. The number of carbonyl (C=O) groups excluding carboxylic acids is 1. The van der Waals surface area contributed by atoms with Gasteiger partial charge in [0.15, 0.2) is 0 Å². The highest BCUT2D eigenvalue weighted by molar-refractivity contribution is 5.74. The molecule has 0 radical (unpaired) electrons. The van der Waals surface area contributed by atoms with Crippen LogP contribution in [0.4, 0.5) is 4.79 Å². The van der Waals surface area contributed by atoms with Crippen LogP contribution in [0.15, 0.2) is 0 Å². The summed E-state index contributed by atoms with van der Waals surface area (Å²) in [6.45, 7) is 12.8. The molecule has 152 valence electrons. The van der Waals surface area contributed by atoms with E-state index in [1.165, 1.54) is 0 Å². The minimum Gasteiger partial charge on any atom is -0.480 e. The first-order valence-corrected chi connectivity index (χ1v) is 9.56. The van der Waals surface area contributed by atoms with Crippen LogP contribution in [0.1, 0.15) is 47.5 Å². The number of hydrogen-bond donors (Lipinski definition) is 2. The molecule has 1 fully saturated rings. The monoisotopic (exact) mass is 371 g/mol. The molecule has 0 bridgehead atoms. The van der Waals surface area contributed by atoms with Crippen molar-refractivity contribution in [3.63, 3.8) is 0 Å². The van der Waals surface area contributed by atoms with Crippen molar-refractivity contribution < 1.29 is 19.4 Å². The second-order valence-corrected chi connectivity index (χ2v) is 8.87. The zero-order valence-corrected chi connectivity index (χ0v) is 17.2. The third-order valence-electron chi connectivity index (χ3n) is 4.72. The van der Waals surface area contributed by atoms with Gasteiger partial charge >= 0.3 is 12.0 Å². The fourth-order valence-corrected chi connectivity index (χ4v) is 3.12. The van der Waals surface area contributed by atoms with Crippen molar-refractivity contribution in [1.82, 2.24) is 15.1 Å². The van der Waals surface area contributed by atoms with E-state index in [0.29, 0.717) is 32.2 Å². The van der Waals surface area contributed by atoms with Crippen LogP contribution >= 0.6 is 0 Å². The Morgan fingerprint density at radius 2 is 1.96 bits per heavy atom. The fourth-order valence-electron chi connectivity index (χ4n) is 3.12. The van der Waals surface area contributed by atoms with Gasteiger partial charge in [0.2, 0.25) is 0 Å². The standard InChI is InChI=1S/C19H37N3O4/c1-14(2)7-8-16(19(3,4)5)20-18(25)22-9-10-26-15(12-22)11-21(6)13-17(23)24/h14-16H,7-13H2,1-6H3,(H,20,25)(H,23,24). The van der Waals surface area contributed by atoms with Gasteiger partial charge in [0.05, 0.1) is 19.3 Å². The first-order chi connectivity index (χ1) is 12.0. The van der Waals surface area contributed by atoms with E-state index in [2.05, 4.69) is 39.9 Å². The number of rotatable bonds is 8. The molecule has 1 aliphatic rings. The normalized spacial score (nSPS) is 19.7. The van der Waals surface area contributed by atoms with Crippen molar-refractivity contribution in [3.8, 4) is 0 Å². The van der Waals surface area contributed by atoms with Crippen molar-refractivity contribution in [2.24, 2.45) is 11.3 Å². The van der Waals surface area contributed by atoms with E-state index in [1.807, 2.05) is 0 Å². The van der Waals surface area contributed by atoms with Crippen LogP contribution < -0.4 is 5.32 Å². The van der Waals surface area contributed by atoms with E-state index < -0.39 is 5.97 Å². The largest absolute Gasteiger partial charge is 0.480 e. The van der Waals surface area contributed by atoms with E-state index in [0.717, 1.165) is 12.8 Å². The van der Waals surface area contributed by atoms with Crippen LogP contribution in [-0.2, 0) is 9.53 Å². The Labute approximate surface area is 158 Å². The minimum atomic E-state index is -0.865. The molecule has 2 unspecified atom stereocenters. The molecular weight excluding hydrogens is 334 g/mol. The molecular formula is C19H37N3O4. The Hall–Kier alpha value is -1.34. The Morgan fingerprint density at radius 1 is 1.31 bits per heavy atom. The number of hydrogen-bond acceptors (Lipinski definition) is 4. The third-order valence-corrected chi connectivity index (χ3v) is 4.72. The lowest BCUT2D eigenvalue weighted by molar-refractivity contribution is -0.138. The van der Waals surface area contributed by atoms with Crippen molar-refractivity contribution in [3.05, 3.63) is 0 Å². The highest BCUT2D eigenvalue weighted by atomic mass is 16.5. The van der Waals surface area contributed by atoms with Crippen LogP contribution in [0.3, 0.4) is 0 Å². The average Bonchev–Trinajstić information content (AvgIpc) is 2.49. The number of urea groups is 1. The van der Waals surface area contributed by atoms with Crippen LogP contribution in [0.5, 0.6) is 0 Å². The maximum atomic E-state index is 12.8. The molecule has 0 aromatic rings. The number of ether oxygens (including phenoxy) is 1. The van der Waals surface area contributed by atoms with Gasteiger partial charge in [-0.05, 0) is 31.2 Å². The van der Waals surface area contributed by atoms with E-state index in [1.54, 1.807) is 16.8 Å². The van der Waals surface area contributed by atoms with Crippen LogP contribution in [0, 0.1) is 11.3 Å². The smallest absolute Gasteiger partial charge is 0.317 e. The highest BCUT2D eigenvalue weighted by Gasteiger charge is 2.30. The number of carbonyl (C=O) groups is 2. The molecule has 0 spiro atoms. The number of amides is 2. The summed E-state index contributed by atoms with van der Waals surface area (Å²) in [6, 6.07) is 0.0660. The molecule has 1 aliphatic heterocycles. The first kappa shape index (κ1) is 22.7. The fraction of sp³-hybridized carbons (Fsp3) is 0.895. The highest BCUT2D eigenvalue weighted by Crippen LogP contribution is 2.25. The van der Waals surface area contributed by atoms with Gasteiger partial charge in [-0.3, -0.25) is 9.69 Å². The quantitative estimate of drug-likeness (QED) is 0.684. The van der Waals surface area contributed by atoms with Gasteiger partial charge in [0, 0.05) is 25.7 Å². The summed E-state index contributed by atoms with van der Waals surface area (Å²) in [7, 11) is 1.75. The second kappa shape index (κ2) is 10.1. The molecule has 2 amide bonds. The molecule has 2 N–H and O–H groups in total. The van der Waals surface area contributed by atoms with Crippen LogP contribution in [0.25, 0.3) is 0 Å². The van der Waals surface area contributed by atoms with Gasteiger partial charge in [-0.15, -0.1) is 0 Å². The lowest BCUT2D eigenvalue weighted by Crippen LogP contribution is -2.55. The zero-order chi connectivity index (χ0) is 19.9. The van der Waals surface area contributed by atoms with Crippen molar-refractivity contribution in [2.75, 3.05) is 39.8 Å². The van der Waals surface area contributed by atoms with E-state index in [4.69, 9.17) is 9.84 Å². The van der Waals surface area contributed by atoms with Gasteiger partial charge in [0.25, 0.3) is 0 Å². The molecule has 0 saturated carbocycles. The van der Waals surface area contributed by atoms with E-state index >= 15 is 0 Å². The van der Waals surface area contributed by atoms with Gasteiger partial charge in [0.1, 0.15) is 0 Å². The maximum absolute atomic E-state index is 12.8. The van der Waals surface area contributed by atoms with Crippen LogP contribution in [0.2, 0.25) is 0 Å². The number of carboxylic acid groups (broad SMARTS) is 1. The molecule has 7 heteroatoms. The molecule has 26 heavy (non-hydrogen) atoms. The molecule has 0 aromatic carbocycles. The summed E-state index contributed by atoms with van der Waals surface area (Å²) < 4.78 is 5.71. The first-order valence-electron chi connectivity index (χ1n) is 9.56. The van der Waals surface area contributed by atoms with Gasteiger partial charge in [-0.1, -0.05) is 34.6 Å². The number of nitrogens with one attached hydrogen (secondary N) is 1. The maximum Gasteiger partial charge on any atom is 0.317 e. The summed E-state index contributed by atoms with van der Waals surface area (Å²) >= 11 is 0. The predicted octanol–water partition coefficient (Wildman–Crippen LogP) is 2.26. The van der Waals surface area contributed by atoms with Gasteiger partial charge in [-0.25, -0.2) is 4.79 Å². The number of nitrogens with zero attached hydrogens (tertiary/aromatic N) is 2. The molecule has 0 aromatic heterocycles. The number of likely N-dealkylation sites (N-methyl/N-ethyl adjacent to an activating group) is 1. The SMILES string of the molecule is CC(C)CCC(NC(=O)N1CCOC(CN(C)CC(=O)O)C1)C(C)(C)C. The Morgan fingerprint density at radius 3 is 2.50 bits per heavy atom. The number of aliphatic carboxylic acids is 1. The molecule has 1 heterocycles. The molecule has 1 saturated heterocycles. The summed E-state index contributed by atoms with van der Waals surface area (Å²) in [5.74, 6) is -0.259. The number of morpholine rings is 1. The predicted molar refractivity (Wildman–Crippen MR) is 102 cm³/mol. The molecule has 7 nitrogen and oxygen atoms in total. The topological polar surface area (TPSA) is 82.1 Å². The molecule has 1 rings (SSSR count). The van der Waals surface area contributed by atoms with E-state index in [-0.39, 0.29) is 30.1 Å². The van der Waals surface area contributed by atoms with Gasteiger partial charge < -0.3 is 20.1 Å². The Balaban J connectivity index is 2.59. The summed E-state index contributed by atoms with van der Waals surface area (Å²) in [5.41, 5.74) is -0.00204. The zero-order valence-electron chi connectivity index (χ0n) is 17.2. The van der Waals surface area contributed by atoms with Gasteiger partial charge in [-0.2, -0.15) is 0 Å².